The molecule has 2 unspecified atom stereocenters. The number of hydrogen-bond donors (Lipinski definition) is 2. The lowest BCUT2D eigenvalue weighted by molar-refractivity contribution is -0.139. The molecule has 7 heteroatoms. The van der Waals surface area contributed by atoms with E-state index < -0.39 is 12.0 Å². The van der Waals surface area contributed by atoms with Gasteiger partial charge in [-0.05, 0) is 54.4 Å². The fourth-order valence-corrected chi connectivity index (χ4v) is 5.21. The number of carbonyl (C=O) groups excluding carboxylic acids is 3. The minimum absolute atomic E-state index is 0.0616. The maximum absolute atomic E-state index is 13.5. The molecule has 2 atom stereocenters. The second kappa shape index (κ2) is 13.5. The van der Waals surface area contributed by atoms with Gasteiger partial charge in [-0.3, -0.25) is 9.69 Å². The molecule has 3 amide bonds. The van der Waals surface area contributed by atoms with Crippen LogP contribution in [-0.4, -0.2) is 36.0 Å². The van der Waals surface area contributed by atoms with Crippen LogP contribution in [0.5, 0.6) is 0 Å². The van der Waals surface area contributed by atoms with E-state index in [1.165, 1.54) is 0 Å². The minimum atomic E-state index is -0.735. The second-order valence-corrected chi connectivity index (χ2v) is 11.5. The lowest BCUT2D eigenvalue weighted by Gasteiger charge is -2.37. The van der Waals surface area contributed by atoms with Gasteiger partial charge in [-0.25, -0.2) is 9.59 Å². The molecule has 2 aromatic carbocycles. The molecule has 0 bridgehead atoms. The van der Waals surface area contributed by atoms with Gasteiger partial charge in [0, 0.05) is 18.7 Å². The van der Waals surface area contributed by atoms with Gasteiger partial charge < -0.3 is 15.4 Å². The zero-order chi connectivity index (χ0) is 28.6. The van der Waals surface area contributed by atoms with Crippen LogP contribution in [0.25, 0.3) is 5.70 Å². The number of ether oxygens (including phenoxy) is 1. The number of amides is 3. The lowest BCUT2D eigenvalue weighted by Crippen LogP contribution is -2.48. The summed E-state index contributed by atoms with van der Waals surface area (Å²) in [5, 5.41) is 6.04. The Hall–Kier alpha value is -3.61. The van der Waals surface area contributed by atoms with E-state index >= 15 is 0 Å². The molecule has 0 fully saturated rings. The Bertz CT molecular complexity index is 1180. The SMILES string of the molecule is CCCCN1C(=O)NC(c2cccc(NC(=O)CC(C)CC(C)(C)C)c2)C(C(=O)OCC)=C1c1ccccc1. The van der Waals surface area contributed by atoms with E-state index in [4.69, 9.17) is 4.74 Å². The number of benzene rings is 2. The van der Waals surface area contributed by atoms with E-state index in [1.54, 1.807) is 11.8 Å². The summed E-state index contributed by atoms with van der Waals surface area (Å²) < 4.78 is 5.51. The molecular weight excluding hydrogens is 490 g/mol. The molecule has 39 heavy (non-hydrogen) atoms. The van der Waals surface area contributed by atoms with Gasteiger partial charge in [0.25, 0.3) is 0 Å². The summed E-state index contributed by atoms with van der Waals surface area (Å²) in [6.45, 7) is 13.1. The Morgan fingerprint density at radius 2 is 1.79 bits per heavy atom. The van der Waals surface area contributed by atoms with Crippen molar-refractivity contribution >= 4 is 29.3 Å². The first kappa shape index (κ1) is 29.9. The molecule has 0 saturated carbocycles. The molecule has 3 rings (SSSR count). The molecule has 0 aliphatic carbocycles. The maximum atomic E-state index is 13.5. The number of hydrogen-bond acceptors (Lipinski definition) is 4. The van der Waals surface area contributed by atoms with E-state index in [9.17, 15) is 14.4 Å². The molecule has 7 nitrogen and oxygen atoms in total. The molecule has 1 heterocycles. The Kier molecular flexibility index (Phi) is 10.3. The van der Waals surface area contributed by atoms with Crippen molar-refractivity contribution in [3.05, 3.63) is 71.3 Å². The summed E-state index contributed by atoms with van der Waals surface area (Å²) in [6.07, 6.45) is 3.05. The van der Waals surface area contributed by atoms with Gasteiger partial charge in [0.2, 0.25) is 5.91 Å². The number of carbonyl (C=O) groups is 3. The Morgan fingerprint density at radius 1 is 1.08 bits per heavy atom. The Balaban J connectivity index is 2.01. The highest BCUT2D eigenvalue weighted by Gasteiger charge is 2.38. The predicted octanol–water partition coefficient (Wildman–Crippen LogP) is 6.93. The predicted molar refractivity (Wildman–Crippen MR) is 156 cm³/mol. The summed E-state index contributed by atoms with van der Waals surface area (Å²) >= 11 is 0. The topological polar surface area (TPSA) is 87.7 Å². The summed E-state index contributed by atoms with van der Waals surface area (Å²) in [7, 11) is 0. The fraction of sp³-hybridized carbons (Fsp3) is 0.469. The van der Waals surface area contributed by atoms with Crippen molar-refractivity contribution in [1.29, 1.82) is 0 Å². The van der Waals surface area contributed by atoms with Gasteiger partial charge >= 0.3 is 12.0 Å². The van der Waals surface area contributed by atoms with Crippen molar-refractivity contribution in [2.75, 3.05) is 18.5 Å². The zero-order valence-corrected chi connectivity index (χ0v) is 24.2. The van der Waals surface area contributed by atoms with Crippen LogP contribution >= 0.6 is 0 Å². The van der Waals surface area contributed by atoms with Crippen LogP contribution in [0.1, 0.15) is 84.4 Å². The third-order valence-corrected chi connectivity index (χ3v) is 6.60. The number of esters is 1. The lowest BCUT2D eigenvalue weighted by atomic mass is 9.84. The van der Waals surface area contributed by atoms with Crippen LogP contribution in [0.2, 0.25) is 0 Å². The van der Waals surface area contributed by atoms with Gasteiger partial charge in [0.15, 0.2) is 0 Å². The fourth-order valence-electron chi connectivity index (χ4n) is 5.21. The standard InChI is InChI=1S/C32H43N3O4/c1-7-9-18-35-29(23-14-11-10-12-15-23)27(30(37)39-8-2)28(34-31(35)38)24-16-13-17-25(20-24)33-26(36)19-22(3)21-32(4,5)6/h10-17,20,22,28H,7-9,18-19,21H2,1-6H3,(H,33,36)(H,34,38). The van der Waals surface area contributed by atoms with Crippen LogP contribution in [0.3, 0.4) is 0 Å². The number of unbranched alkanes of at least 4 members (excludes halogenated alkanes) is 1. The Labute approximate surface area is 233 Å². The number of nitrogens with zero attached hydrogens (tertiary/aromatic N) is 1. The van der Waals surface area contributed by atoms with Crippen LogP contribution in [-0.2, 0) is 14.3 Å². The van der Waals surface area contributed by atoms with E-state index in [1.807, 2.05) is 54.6 Å². The van der Waals surface area contributed by atoms with E-state index in [0.717, 1.165) is 24.8 Å². The molecule has 0 radical (unpaired) electrons. The van der Waals surface area contributed by atoms with Crippen molar-refractivity contribution < 1.29 is 19.1 Å². The van der Waals surface area contributed by atoms with Crippen LogP contribution in [0, 0.1) is 11.3 Å². The largest absolute Gasteiger partial charge is 0.463 e. The number of urea groups is 1. The van der Waals surface area contributed by atoms with Crippen molar-refractivity contribution in [3.8, 4) is 0 Å². The quantitative estimate of drug-likeness (QED) is 0.307. The first-order valence-electron chi connectivity index (χ1n) is 14.0. The average Bonchev–Trinajstić information content (AvgIpc) is 2.86. The van der Waals surface area contributed by atoms with Gasteiger partial charge in [-0.1, -0.05) is 83.5 Å². The number of anilines is 1. The van der Waals surface area contributed by atoms with Crippen molar-refractivity contribution in [2.45, 2.75) is 73.3 Å². The monoisotopic (exact) mass is 533 g/mol. The molecule has 0 saturated heterocycles. The van der Waals surface area contributed by atoms with Gasteiger partial charge in [0.1, 0.15) is 0 Å². The third kappa shape index (κ3) is 8.19. The summed E-state index contributed by atoms with van der Waals surface area (Å²) in [4.78, 5) is 41.4. The number of rotatable bonds is 11. The van der Waals surface area contributed by atoms with E-state index in [-0.39, 0.29) is 29.9 Å². The van der Waals surface area contributed by atoms with Crippen molar-refractivity contribution in [3.63, 3.8) is 0 Å². The summed E-state index contributed by atoms with van der Waals surface area (Å²) in [5.74, 6) is -0.298. The molecule has 0 spiro atoms. The normalized spacial score (nSPS) is 16.5. The Morgan fingerprint density at radius 3 is 2.44 bits per heavy atom. The van der Waals surface area contributed by atoms with Crippen LogP contribution in [0.15, 0.2) is 60.2 Å². The van der Waals surface area contributed by atoms with Crippen LogP contribution < -0.4 is 10.6 Å². The van der Waals surface area contributed by atoms with Gasteiger partial charge in [-0.15, -0.1) is 0 Å². The highest BCUT2D eigenvalue weighted by Crippen LogP contribution is 2.37. The first-order valence-corrected chi connectivity index (χ1v) is 14.0. The molecule has 1 aliphatic heterocycles. The highest BCUT2D eigenvalue weighted by atomic mass is 16.5. The highest BCUT2D eigenvalue weighted by molar-refractivity contribution is 6.04. The average molecular weight is 534 g/mol. The first-order chi connectivity index (χ1) is 18.5. The molecule has 1 aliphatic rings. The molecule has 2 N–H and O–H groups in total. The molecular formula is C32H43N3O4. The summed E-state index contributed by atoms with van der Waals surface area (Å²) in [6, 6.07) is 15.8. The summed E-state index contributed by atoms with van der Waals surface area (Å²) in [5.41, 5.74) is 3.16. The van der Waals surface area contributed by atoms with Gasteiger partial charge in [0.05, 0.1) is 23.9 Å². The van der Waals surface area contributed by atoms with E-state index in [2.05, 4.69) is 45.3 Å². The van der Waals surface area contributed by atoms with Gasteiger partial charge in [-0.2, -0.15) is 0 Å². The number of nitrogens with one attached hydrogen (secondary N) is 2. The molecule has 210 valence electrons. The van der Waals surface area contributed by atoms with Crippen molar-refractivity contribution in [1.82, 2.24) is 10.2 Å². The second-order valence-electron chi connectivity index (χ2n) is 11.5. The smallest absolute Gasteiger partial charge is 0.338 e. The maximum Gasteiger partial charge on any atom is 0.338 e. The third-order valence-electron chi connectivity index (χ3n) is 6.60. The van der Waals surface area contributed by atoms with Crippen LogP contribution in [0.4, 0.5) is 10.5 Å². The zero-order valence-electron chi connectivity index (χ0n) is 24.2. The van der Waals surface area contributed by atoms with E-state index in [0.29, 0.717) is 35.5 Å². The molecule has 2 aromatic rings. The minimum Gasteiger partial charge on any atom is -0.463 e. The molecule has 0 aromatic heterocycles. The van der Waals surface area contributed by atoms with Crippen molar-refractivity contribution in [2.24, 2.45) is 11.3 Å².